The van der Waals surface area contributed by atoms with Crippen molar-refractivity contribution in [2.24, 2.45) is 5.92 Å². The van der Waals surface area contributed by atoms with Gasteiger partial charge in [0.15, 0.2) is 12.3 Å². The molecule has 0 spiro atoms. The molecule has 1 aromatic heterocycles. The number of esters is 1. The maximum absolute atomic E-state index is 13.5. The molecule has 3 N–H and O–H groups in total. The van der Waals surface area contributed by atoms with E-state index in [9.17, 15) is 19.2 Å². The minimum absolute atomic E-state index is 0.0741. The van der Waals surface area contributed by atoms with Crippen LogP contribution >= 0.6 is 0 Å². The Balaban J connectivity index is 2.49. The number of benzene rings is 1. The molecule has 0 aliphatic carbocycles. The molecule has 0 saturated carbocycles. The Bertz CT molecular complexity index is 1090. The van der Waals surface area contributed by atoms with E-state index < -0.39 is 23.1 Å². The van der Waals surface area contributed by atoms with Crippen molar-refractivity contribution in [1.82, 2.24) is 9.55 Å². The smallest absolute Gasteiger partial charge is 0.343 e. The third-order valence-corrected chi connectivity index (χ3v) is 4.67. The van der Waals surface area contributed by atoms with Crippen molar-refractivity contribution in [1.29, 1.82) is 0 Å². The van der Waals surface area contributed by atoms with Crippen LogP contribution in [0.25, 0.3) is 0 Å². The van der Waals surface area contributed by atoms with Gasteiger partial charge in [0.25, 0.3) is 11.5 Å². The number of anilines is 2. The summed E-state index contributed by atoms with van der Waals surface area (Å²) in [5, 5.41) is 0. The van der Waals surface area contributed by atoms with Crippen LogP contribution in [0, 0.1) is 5.92 Å². The number of H-pyrrole nitrogens is 1. The zero-order valence-corrected chi connectivity index (χ0v) is 19.3. The Hall–Kier alpha value is -3.60. The highest BCUT2D eigenvalue weighted by Gasteiger charge is 2.25. The number of carbonyl (C=O) groups is 2. The van der Waals surface area contributed by atoms with Crippen LogP contribution in [0.2, 0.25) is 0 Å². The van der Waals surface area contributed by atoms with Crippen molar-refractivity contribution in [3.05, 3.63) is 50.7 Å². The van der Waals surface area contributed by atoms with E-state index in [0.717, 1.165) is 0 Å². The minimum Gasteiger partial charge on any atom is -0.482 e. The Morgan fingerprint density at radius 1 is 1.21 bits per heavy atom. The minimum atomic E-state index is -0.763. The highest BCUT2D eigenvalue weighted by molar-refractivity contribution is 6.07. The zero-order chi connectivity index (χ0) is 24.5. The highest BCUT2D eigenvalue weighted by atomic mass is 16.6. The number of methoxy groups -OCH3 is 2. The van der Waals surface area contributed by atoms with E-state index in [0.29, 0.717) is 13.0 Å². The molecule has 0 bridgehead atoms. The van der Waals surface area contributed by atoms with Crippen LogP contribution in [0.1, 0.15) is 30.6 Å². The van der Waals surface area contributed by atoms with Crippen molar-refractivity contribution in [2.75, 3.05) is 44.6 Å². The standard InChI is InChI=1S/C22H30N4O7/c1-14(2)12-26-19(23)18(20(28)24-22(26)30)25(9-6-10-31-3)21(29)15-7-5-8-16(11-15)33-13-17(27)32-4/h5,7-8,11,14H,6,9-10,12-13,23H2,1-4H3,(H,24,28,30). The largest absolute Gasteiger partial charge is 0.482 e. The Labute approximate surface area is 191 Å². The third-order valence-electron chi connectivity index (χ3n) is 4.67. The molecular weight excluding hydrogens is 432 g/mol. The van der Waals surface area contributed by atoms with E-state index in [4.69, 9.17) is 15.2 Å². The lowest BCUT2D eigenvalue weighted by atomic mass is 10.1. The van der Waals surface area contributed by atoms with Gasteiger partial charge in [-0.25, -0.2) is 9.59 Å². The van der Waals surface area contributed by atoms with E-state index in [1.807, 2.05) is 13.8 Å². The van der Waals surface area contributed by atoms with Crippen LogP contribution in [0.4, 0.5) is 11.5 Å². The van der Waals surface area contributed by atoms with Crippen molar-refractivity contribution in [3.8, 4) is 5.75 Å². The number of nitrogen functional groups attached to an aromatic ring is 1. The van der Waals surface area contributed by atoms with Gasteiger partial charge >= 0.3 is 11.7 Å². The average molecular weight is 463 g/mol. The fraction of sp³-hybridized carbons (Fsp3) is 0.455. The molecular formula is C22H30N4O7. The van der Waals surface area contributed by atoms with E-state index in [1.165, 1.54) is 29.8 Å². The molecule has 2 aromatic rings. The van der Waals surface area contributed by atoms with E-state index in [2.05, 4.69) is 9.72 Å². The molecule has 1 heterocycles. The number of rotatable bonds is 11. The number of hydrogen-bond donors (Lipinski definition) is 2. The average Bonchev–Trinajstić information content (AvgIpc) is 2.78. The Morgan fingerprint density at radius 3 is 2.58 bits per heavy atom. The van der Waals surface area contributed by atoms with Gasteiger partial charge in [-0.1, -0.05) is 19.9 Å². The highest BCUT2D eigenvalue weighted by Crippen LogP contribution is 2.22. The van der Waals surface area contributed by atoms with E-state index >= 15 is 0 Å². The molecule has 11 nitrogen and oxygen atoms in total. The summed E-state index contributed by atoms with van der Waals surface area (Å²) in [4.78, 5) is 53.3. The number of aromatic amines is 1. The monoisotopic (exact) mass is 462 g/mol. The van der Waals surface area contributed by atoms with Crippen LogP contribution in [0.5, 0.6) is 5.75 Å². The van der Waals surface area contributed by atoms with Gasteiger partial charge in [0.1, 0.15) is 11.6 Å². The summed E-state index contributed by atoms with van der Waals surface area (Å²) in [5.74, 6) is -0.845. The van der Waals surface area contributed by atoms with Crippen LogP contribution in [-0.2, 0) is 20.8 Å². The molecule has 2 rings (SSSR count). The number of nitrogens with zero attached hydrogens (tertiary/aromatic N) is 2. The van der Waals surface area contributed by atoms with Crippen LogP contribution in [0.3, 0.4) is 0 Å². The first-order valence-corrected chi connectivity index (χ1v) is 10.4. The Morgan fingerprint density at radius 2 is 1.94 bits per heavy atom. The lowest BCUT2D eigenvalue weighted by Gasteiger charge is -2.25. The summed E-state index contributed by atoms with van der Waals surface area (Å²) in [6.07, 6.45) is 0.420. The fourth-order valence-electron chi connectivity index (χ4n) is 3.14. The molecule has 0 atom stereocenters. The second kappa shape index (κ2) is 11.9. The summed E-state index contributed by atoms with van der Waals surface area (Å²) in [7, 11) is 2.77. The van der Waals surface area contributed by atoms with Gasteiger partial charge in [0, 0.05) is 32.4 Å². The lowest BCUT2D eigenvalue weighted by Crippen LogP contribution is -2.42. The zero-order valence-electron chi connectivity index (χ0n) is 19.3. The second-order valence-corrected chi connectivity index (χ2v) is 7.69. The molecule has 0 saturated heterocycles. The van der Waals surface area contributed by atoms with Gasteiger partial charge in [0.05, 0.1) is 7.11 Å². The number of nitrogens with one attached hydrogen (secondary N) is 1. The predicted octanol–water partition coefficient (Wildman–Crippen LogP) is 1.01. The summed E-state index contributed by atoms with van der Waals surface area (Å²) in [6, 6.07) is 6.16. The molecule has 0 fully saturated rings. The number of ether oxygens (including phenoxy) is 3. The maximum atomic E-state index is 13.5. The van der Waals surface area contributed by atoms with E-state index in [1.54, 1.807) is 18.2 Å². The van der Waals surface area contributed by atoms with Gasteiger partial charge in [-0.05, 0) is 30.5 Å². The molecule has 0 unspecified atom stereocenters. The Kier molecular flexibility index (Phi) is 9.22. The first-order valence-electron chi connectivity index (χ1n) is 10.4. The third kappa shape index (κ3) is 6.69. The maximum Gasteiger partial charge on any atom is 0.343 e. The SMILES string of the molecule is COCCCN(C(=O)c1cccc(OCC(=O)OC)c1)c1c(N)n(CC(C)C)c(=O)[nH]c1=O. The summed E-state index contributed by atoms with van der Waals surface area (Å²) >= 11 is 0. The van der Waals surface area contributed by atoms with Gasteiger partial charge < -0.3 is 24.8 Å². The normalized spacial score (nSPS) is 10.8. The van der Waals surface area contributed by atoms with Crippen LogP contribution < -0.4 is 26.6 Å². The topological polar surface area (TPSA) is 146 Å². The van der Waals surface area contributed by atoms with E-state index in [-0.39, 0.29) is 48.4 Å². The van der Waals surface area contributed by atoms with Crippen LogP contribution in [0.15, 0.2) is 33.9 Å². The van der Waals surface area contributed by atoms with Gasteiger partial charge in [-0.2, -0.15) is 0 Å². The van der Waals surface area contributed by atoms with Gasteiger partial charge in [-0.3, -0.25) is 19.1 Å². The fourth-order valence-corrected chi connectivity index (χ4v) is 3.14. The predicted molar refractivity (Wildman–Crippen MR) is 123 cm³/mol. The molecule has 1 amide bonds. The molecule has 33 heavy (non-hydrogen) atoms. The number of aromatic nitrogens is 2. The van der Waals surface area contributed by atoms with Crippen molar-refractivity contribution in [2.45, 2.75) is 26.8 Å². The number of carbonyl (C=O) groups excluding carboxylic acids is 2. The lowest BCUT2D eigenvalue weighted by molar-refractivity contribution is -0.142. The quantitative estimate of drug-likeness (QED) is 0.372. The summed E-state index contributed by atoms with van der Waals surface area (Å²) in [5.41, 5.74) is 4.91. The number of nitrogens with two attached hydrogens (primary N) is 1. The van der Waals surface area contributed by atoms with Crippen molar-refractivity contribution >= 4 is 23.4 Å². The molecule has 11 heteroatoms. The number of amides is 1. The molecule has 1 aromatic carbocycles. The van der Waals surface area contributed by atoms with Crippen molar-refractivity contribution in [3.63, 3.8) is 0 Å². The molecule has 0 aliphatic rings. The second-order valence-electron chi connectivity index (χ2n) is 7.69. The first-order chi connectivity index (χ1) is 15.7. The number of hydrogen-bond acceptors (Lipinski definition) is 8. The molecule has 0 radical (unpaired) electrons. The summed E-state index contributed by atoms with van der Waals surface area (Å²) in [6.45, 7) is 4.21. The molecule has 0 aliphatic heterocycles. The molecule has 180 valence electrons. The van der Waals surface area contributed by atoms with Gasteiger partial charge in [-0.15, -0.1) is 0 Å². The van der Waals surface area contributed by atoms with Crippen molar-refractivity contribution < 1.29 is 23.8 Å². The van der Waals surface area contributed by atoms with Crippen LogP contribution in [-0.4, -0.2) is 55.4 Å². The van der Waals surface area contributed by atoms with Gasteiger partial charge in [0.2, 0.25) is 0 Å². The summed E-state index contributed by atoms with van der Waals surface area (Å²) < 4.78 is 16.2. The first kappa shape index (κ1) is 25.7.